The molecule has 41 heavy (non-hydrogen) atoms. The molecule has 2 aromatic carbocycles. The van der Waals surface area contributed by atoms with Gasteiger partial charge in [-0.25, -0.2) is 4.98 Å². The van der Waals surface area contributed by atoms with Gasteiger partial charge in [-0.1, -0.05) is 30.3 Å². The summed E-state index contributed by atoms with van der Waals surface area (Å²) in [7, 11) is 4.01. The van der Waals surface area contributed by atoms with Crippen LogP contribution >= 0.6 is 0 Å². The fourth-order valence-corrected chi connectivity index (χ4v) is 5.86. The number of hydrogen-bond acceptors (Lipinski definition) is 6. The van der Waals surface area contributed by atoms with Crippen LogP contribution in [0.1, 0.15) is 48.0 Å². The van der Waals surface area contributed by atoms with Gasteiger partial charge >= 0.3 is 0 Å². The van der Waals surface area contributed by atoms with Crippen LogP contribution in [0.15, 0.2) is 77.9 Å². The summed E-state index contributed by atoms with van der Waals surface area (Å²) in [5.74, 6) is 0.764. The van der Waals surface area contributed by atoms with Crippen LogP contribution in [0.5, 0.6) is 0 Å². The molecule has 1 aromatic heterocycles. The predicted octanol–water partition coefficient (Wildman–Crippen LogP) is 4.18. The topological polar surface area (TPSA) is 110 Å². The van der Waals surface area contributed by atoms with Crippen LogP contribution in [0.4, 0.5) is 17.2 Å². The highest BCUT2D eigenvalue weighted by atomic mass is 16.3. The fraction of sp³-hybridized carbons (Fsp3) is 0.406. The summed E-state index contributed by atoms with van der Waals surface area (Å²) in [6.07, 6.45) is 5.84. The molecule has 1 unspecified atom stereocenters. The van der Waals surface area contributed by atoms with Gasteiger partial charge in [0.1, 0.15) is 0 Å². The van der Waals surface area contributed by atoms with E-state index in [1.807, 2.05) is 78.7 Å². The molecule has 5 rings (SSSR count). The number of nitrogens with zero attached hydrogens (tertiary/aromatic N) is 5. The molecule has 2 aliphatic rings. The number of aromatic nitrogens is 1. The number of benzene rings is 2. The van der Waals surface area contributed by atoms with Gasteiger partial charge in [-0.05, 0) is 94.2 Å². The first kappa shape index (κ1) is 28.6. The number of guanidine groups is 1. The van der Waals surface area contributed by atoms with E-state index in [0.29, 0.717) is 30.8 Å². The number of carbonyl (C=O) groups is 1. The Hall–Kier alpha value is -3.95. The van der Waals surface area contributed by atoms with Crippen molar-refractivity contribution in [3.8, 4) is 0 Å². The number of aliphatic imine (C=N–C) groups is 1. The molecule has 3 aromatic rings. The average molecular weight is 556 g/mol. The number of pyridine rings is 1. The van der Waals surface area contributed by atoms with Gasteiger partial charge in [-0.3, -0.25) is 4.79 Å². The van der Waals surface area contributed by atoms with Crippen molar-refractivity contribution in [2.75, 3.05) is 50.5 Å². The minimum atomic E-state index is -0.850. The summed E-state index contributed by atoms with van der Waals surface area (Å²) >= 11 is 0. The summed E-state index contributed by atoms with van der Waals surface area (Å²) in [4.78, 5) is 28.5. The molecular weight excluding hydrogens is 514 g/mol. The monoisotopic (exact) mass is 555 g/mol. The molecule has 9 heteroatoms. The number of hydrogen-bond donors (Lipinski definition) is 3. The van der Waals surface area contributed by atoms with Gasteiger partial charge in [0.25, 0.3) is 5.91 Å². The highest BCUT2D eigenvalue weighted by Gasteiger charge is 2.32. The smallest absolute Gasteiger partial charge is 0.253 e. The molecule has 216 valence electrons. The van der Waals surface area contributed by atoms with Gasteiger partial charge in [0, 0.05) is 43.6 Å². The number of amides is 1. The van der Waals surface area contributed by atoms with Crippen molar-refractivity contribution in [2.24, 2.45) is 10.7 Å². The van der Waals surface area contributed by atoms with Crippen molar-refractivity contribution in [1.82, 2.24) is 14.8 Å². The third-order valence-electron chi connectivity index (χ3n) is 8.42. The Labute approximate surface area is 242 Å². The molecule has 2 aliphatic heterocycles. The Balaban J connectivity index is 1.23. The van der Waals surface area contributed by atoms with Gasteiger partial charge in [0.15, 0.2) is 11.8 Å². The number of carbonyl (C=O) groups excluding carboxylic acids is 1. The molecule has 2 saturated heterocycles. The highest BCUT2D eigenvalue weighted by Crippen LogP contribution is 2.36. The maximum atomic E-state index is 13.0. The Bertz CT molecular complexity index is 1340. The van der Waals surface area contributed by atoms with E-state index >= 15 is 0 Å². The lowest BCUT2D eigenvalue weighted by molar-refractivity contribution is 0.0244. The highest BCUT2D eigenvalue weighted by molar-refractivity contribution is 5.97. The zero-order chi connectivity index (χ0) is 28.8. The lowest BCUT2D eigenvalue weighted by Gasteiger charge is -2.35. The van der Waals surface area contributed by atoms with E-state index < -0.39 is 5.60 Å². The van der Waals surface area contributed by atoms with Crippen molar-refractivity contribution in [3.63, 3.8) is 0 Å². The molecule has 0 spiro atoms. The number of likely N-dealkylation sites (tertiary alicyclic amines) is 1. The van der Waals surface area contributed by atoms with E-state index in [0.717, 1.165) is 55.8 Å². The van der Waals surface area contributed by atoms with Gasteiger partial charge in [-0.2, -0.15) is 4.99 Å². The molecule has 1 amide bonds. The molecule has 0 saturated carbocycles. The van der Waals surface area contributed by atoms with Gasteiger partial charge < -0.3 is 30.9 Å². The van der Waals surface area contributed by atoms with Gasteiger partial charge in [0.2, 0.25) is 0 Å². The Morgan fingerprint density at radius 1 is 1.02 bits per heavy atom. The van der Waals surface area contributed by atoms with Crippen molar-refractivity contribution >= 4 is 29.1 Å². The summed E-state index contributed by atoms with van der Waals surface area (Å²) in [5.41, 5.74) is 8.68. The second kappa shape index (κ2) is 12.7. The van der Waals surface area contributed by atoms with E-state index in [9.17, 15) is 9.90 Å². The number of rotatable bonds is 6. The van der Waals surface area contributed by atoms with Crippen LogP contribution in [0.25, 0.3) is 0 Å². The summed E-state index contributed by atoms with van der Waals surface area (Å²) < 4.78 is 0. The molecule has 0 radical (unpaired) electrons. The molecular formula is C32H41N7O2. The summed E-state index contributed by atoms with van der Waals surface area (Å²) in [6.45, 7) is 3.48. The van der Waals surface area contributed by atoms with E-state index in [1.165, 1.54) is 0 Å². The van der Waals surface area contributed by atoms with Gasteiger partial charge in [0.05, 0.1) is 11.3 Å². The van der Waals surface area contributed by atoms with Crippen LogP contribution in [-0.4, -0.2) is 78.1 Å². The van der Waals surface area contributed by atoms with Crippen LogP contribution in [0, 0.1) is 0 Å². The SMILES string of the molecule is CN1CCC(N(C)C(=O)c2ccc(NC(N)=Nc3ncccc3N3CCCC(O)(c4ccccc4)CC3)cc2)CC1. The first-order chi connectivity index (χ1) is 19.8. The molecule has 0 bridgehead atoms. The maximum Gasteiger partial charge on any atom is 0.253 e. The van der Waals surface area contributed by atoms with E-state index in [2.05, 4.69) is 32.1 Å². The fourth-order valence-electron chi connectivity index (χ4n) is 5.86. The number of nitrogens with two attached hydrogens (primary N) is 1. The van der Waals surface area contributed by atoms with Crippen LogP contribution in [0.3, 0.4) is 0 Å². The Morgan fingerprint density at radius 3 is 2.49 bits per heavy atom. The zero-order valence-electron chi connectivity index (χ0n) is 24.0. The molecule has 2 fully saturated rings. The first-order valence-corrected chi connectivity index (χ1v) is 14.5. The third kappa shape index (κ3) is 6.86. The summed E-state index contributed by atoms with van der Waals surface area (Å²) in [6, 6.07) is 21.4. The van der Waals surface area contributed by atoms with Crippen molar-refractivity contribution in [3.05, 3.63) is 84.1 Å². The zero-order valence-corrected chi connectivity index (χ0v) is 24.0. The molecule has 1 atom stereocenters. The first-order valence-electron chi connectivity index (χ1n) is 14.5. The Kier molecular flexibility index (Phi) is 8.85. The number of nitrogens with one attached hydrogen (secondary N) is 1. The standard InChI is InChI=1S/C32H41N7O2/c1-37-21-15-27(16-22-37)38(2)30(40)24-11-13-26(14-12-24)35-31(33)36-29-28(10-6-19-34-29)39-20-7-17-32(41,18-23-39)25-8-4-3-5-9-25/h3-6,8-14,19,27,41H,7,15-18,20-23H2,1-2H3,(H3,33,34,35,36). The molecule has 9 nitrogen and oxygen atoms in total. The maximum absolute atomic E-state index is 13.0. The average Bonchev–Trinajstić information content (AvgIpc) is 3.20. The molecule has 4 N–H and O–H groups in total. The van der Waals surface area contributed by atoms with Crippen LogP contribution < -0.4 is 16.0 Å². The van der Waals surface area contributed by atoms with Gasteiger partial charge in [-0.15, -0.1) is 0 Å². The van der Waals surface area contributed by atoms with E-state index in [1.54, 1.807) is 6.20 Å². The minimum absolute atomic E-state index is 0.0301. The lowest BCUT2D eigenvalue weighted by atomic mass is 9.87. The van der Waals surface area contributed by atoms with Crippen LogP contribution in [-0.2, 0) is 5.60 Å². The lowest BCUT2D eigenvalue weighted by Crippen LogP contribution is -2.44. The molecule has 0 aliphatic carbocycles. The Morgan fingerprint density at radius 2 is 1.76 bits per heavy atom. The second-order valence-electron chi connectivity index (χ2n) is 11.2. The number of aliphatic hydroxyl groups is 1. The normalized spacial score (nSPS) is 20.9. The van der Waals surface area contributed by atoms with E-state index in [4.69, 9.17) is 5.73 Å². The third-order valence-corrected chi connectivity index (χ3v) is 8.42. The van der Waals surface area contributed by atoms with Crippen molar-refractivity contribution in [2.45, 2.75) is 43.7 Å². The van der Waals surface area contributed by atoms with E-state index in [-0.39, 0.29) is 17.9 Å². The van der Waals surface area contributed by atoms with Crippen molar-refractivity contribution < 1.29 is 9.90 Å². The van der Waals surface area contributed by atoms with Crippen molar-refractivity contribution in [1.29, 1.82) is 0 Å². The quantitative estimate of drug-likeness (QED) is 0.309. The predicted molar refractivity (Wildman–Crippen MR) is 165 cm³/mol. The number of piperidine rings is 1. The number of anilines is 2. The summed E-state index contributed by atoms with van der Waals surface area (Å²) in [5, 5.41) is 14.5. The molecule has 3 heterocycles. The minimum Gasteiger partial charge on any atom is -0.385 e. The second-order valence-corrected chi connectivity index (χ2v) is 11.2. The van der Waals surface area contributed by atoms with Crippen LogP contribution in [0.2, 0.25) is 0 Å². The largest absolute Gasteiger partial charge is 0.385 e.